The average Bonchev–Trinajstić information content (AvgIpc) is 3.34. The first-order chi connectivity index (χ1) is 17.8. The molecule has 0 saturated heterocycles. The van der Waals surface area contributed by atoms with E-state index in [0.717, 1.165) is 11.3 Å². The van der Waals surface area contributed by atoms with Gasteiger partial charge in [0.25, 0.3) is 0 Å². The molecule has 1 aliphatic heterocycles. The van der Waals surface area contributed by atoms with E-state index in [0.29, 0.717) is 0 Å². The molecule has 0 radical (unpaired) electrons. The van der Waals surface area contributed by atoms with Crippen LogP contribution in [0.3, 0.4) is 0 Å². The zero-order chi connectivity index (χ0) is 26.9. The van der Waals surface area contributed by atoms with Gasteiger partial charge >= 0.3 is 27.5 Å². The van der Waals surface area contributed by atoms with Gasteiger partial charge in [-0.3, -0.25) is 0 Å². The zero-order valence-electron chi connectivity index (χ0n) is 22.2. The second-order valence-electron chi connectivity index (χ2n) is 9.21. The molecule has 0 bridgehead atoms. The summed E-state index contributed by atoms with van der Waals surface area (Å²) in [7, 11) is 4.64. The summed E-state index contributed by atoms with van der Waals surface area (Å²) < 4.78 is 0. The normalized spacial score (nSPS) is 12.0. The molecule has 0 unspecified atom stereocenters. The number of rotatable bonds is 3. The average molecular weight is 687 g/mol. The van der Waals surface area contributed by atoms with Gasteiger partial charge in [0.2, 0.25) is 0 Å². The summed E-state index contributed by atoms with van der Waals surface area (Å²) in [5.41, 5.74) is 12.4. The fraction of sp³-hybridized carbons (Fsp3) is 0.188. The number of halogens is 1. The Bertz CT molecular complexity index is 1190. The summed E-state index contributed by atoms with van der Waals surface area (Å²) in [6, 6.07) is 25.8. The number of aromatic nitrogens is 1. The van der Waals surface area contributed by atoms with E-state index in [4.69, 9.17) is 0 Å². The molecule has 0 fully saturated rings. The first-order valence-corrected chi connectivity index (χ1v) is 15.1. The largest absolute Gasteiger partial charge is 0.305 e. The van der Waals surface area contributed by atoms with Gasteiger partial charge in [-0.05, 0) is 88.0 Å². The molecule has 0 N–H and O–H groups in total. The van der Waals surface area contributed by atoms with Gasteiger partial charge in [0.05, 0.1) is 0 Å². The van der Waals surface area contributed by atoms with Crippen molar-refractivity contribution in [3.63, 3.8) is 0 Å². The van der Waals surface area contributed by atoms with E-state index in [1.54, 1.807) is 6.20 Å². The Morgan fingerprint density at radius 3 is 1.59 bits per heavy atom. The topological polar surface area (TPSA) is 19.4 Å². The van der Waals surface area contributed by atoms with Crippen molar-refractivity contribution in [1.29, 1.82) is 0 Å². The molecule has 1 aromatic heterocycles. The van der Waals surface area contributed by atoms with Crippen LogP contribution in [0.4, 0.5) is 11.4 Å². The van der Waals surface area contributed by atoms with Crippen LogP contribution in [-0.4, -0.2) is 4.98 Å². The molecule has 4 aromatic rings. The smallest absolute Gasteiger partial charge is 0.0160 e. The van der Waals surface area contributed by atoms with Gasteiger partial charge in [-0.25, -0.2) is 0 Å². The second-order valence-corrected chi connectivity index (χ2v) is 9.21. The van der Waals surface area contributed by atoms with Gasteiger partial charge in [0.15, 0.2) is 0 Å². The molecular formula is C32H33ClIrN3. The number of hydrogen-bond acceptors (Lipinski definition) is 3. The Hall–Kier alpha value is -2.91. The van der Waals surface area contributed by atoms with E-state index in [-0.39, 0.29) is 0 Å². The van der Waals surface area contributed by atoms with E-state index >= 15 is 0 Å². The number of pyridine rings is 1. The number of benzene rings is 3. The first kappa shape index (κ1) is 28.7. The van der Waals surface area contributed by atoms with E-state index in [2.05, 4.69) is 115 Å². The molecule has 3 nitrogen and oxygen atoms in total. The molecule has 5 heteroatoms. The van der Waals surface area contributed by atoms with Crippen molar-refractivity contribution in [3.8, 4) is 11.3 Å². The molecule has 2 heterocycles. The zero-order valence-corrected chi connectivity index (χ0v) is 25.4. The summed E-state index contributed by atoms with van der Waals surface area (Å²) >= 11 is 1.47. The van der Waals surface area contributed by atoms with Gasteiger partial charge < -0.3 is 14.8 Å². The van der Waals surface area contributed by atoms with Gasteiger partial charge in [0, 0.05) is 17.6 Å². The van der Waals surface area contributed by atoms with Crippen LogP contribution in [0.2, 0.25) is 0 Å². The summed E-state index contributed by atoms with van der Waals surface area (Å²) in [6.07, 6.45) is 6.07. The van der Waals surface area contributed by atoms with E-state index in [1.165, 1.54) is 62.6 Å². The van der Waals surface area contributed by atoms with Crippen LogP contribution >= 0.6 is 9.58 Å². The SMILES string of the molecule is Cc1cc(C)c(N2C=CN(c3c(C)cc(C)cc3C)[CH-]2)c(C)c1.[Cl][Ir+2].[c-]1ccccc1-c1ccccn1. The second kappa shape index (κ2) is 13.6. The number of nitrogens with zero attached hydrogens (tertiary/aromatic N) is 3. The maximum absolute atomic E-state index is 4.64. The molecule has 0 saturated carbocycles. The first-order valence-electron chi connectivity index (χ1n) is 12.1. The fourth-order valence-corrected chi connectivity index (χ4v) is 4.85. The van der Waals surface area contributed by atoms with Crippen LogP contribution < -0.4 is 9.80 Å². The van der Waals surface area contributed by atoms with Crippen LogP contribution in [0.15, 0.2) is 85.3 Å². The van der Waals surface area contributed by atoms with Crippen LogP contribution in [0.1, 0.15) is 33.4 Å². The van der Waals surface area contributed by atoms with Gasteiger partial charge in [-0.15, -0.1) is 42.6 Å². The molecular weight excluding hydrogens is 654 g/mol. The number of anilines is 2. The standard InChI is InChI=1S/C21H25N2.C11H8N.ClH.Ir/c1-14-9-16(3)20(17(4)10-14)22-7-8-23(13-22)21-18(5)11-15(2)12-19(21)6;1-2-6-10(7-3-1)11-8-4-5-9-12-11;;/h7-13H,1-6H3;1-6,8-9H;1H;/q2*-1;;+3/p-1. The molecule has 1 aliphatic rings. The summed E-state index contributed by atoms with van der Waals surface area (Å²) in [4.78, 5) is 8.67. The molecule has 37 heavy (non-hydrogen) atoms. The predicted octanol–water partition coefficient (Wildman–Crippen LogP) is 8.69. The Kier molecular flexibility index (Phi) is 10.5. The molecule has 0 aliphatic carbocycles. The summed E-state index contributed by atoms with van der Waals surface area (Å²) in [5, 5.41) is 0. The molecule has 0 spiro atoms. The van der Waals surface area contributed by atoms with Crippen molar-refractivity contribution in [2.24, 2.45) is 0 Å². The molecule has 5 rings (SSSR count). The number of hydrogen-bond donors (Lipinski definition) is 0. The van der Waals surface area contributed by atoms with Gasteiger partial charge in [-0.1, -0.05) is 47.5 Å². The third-order valence-electron chi connectivity index (χ3n) is 6.07. The van der Waals surface area contributed by atoms with Gasteiger partial charge in [0.1, 0.15) is 0 Å². The van der Waals surface area contributed by atoms with Crippen LogP contribution in [0.25, 0.3) is 11.3 Å². The van der Waals surface area contributed by atoms with Gasteiger partial charge in [-0.2, -0.15) is 0 Å². The third-order valence-corrected chi connectivity index (χ3v) is 6.07. The Morgan fingerprint density at radius 2 is 1.19 bits per heavy atom. The Morgan fingerprint density at radius 1 is 0.703 bits per heavy atom. The number of aryl methyl sites for hydroxylation is 6. The molecule has 0 amide bonds. The van der Waals surface area contributed by atoms with Crippen molar-refractivity contribution < 1.29 is 17.9 Å². The monoisotopic (exact) mass is 687 g/mol. The Labute approximate surface area is 237 Å². The maximum Gasteiger partial charge on any atom is 0.0160 e. The minimum absolute atomic E-state index is 0.970. The third kappa shape index (κ3) is 7.32. The summed E-state index contributed by atoms with van der Waals surface area (Å²) in [6.45, 7) is 15.2. The van der Waals surface area contributed by atoms with E-state index in [1.807, 2.05) is 42.5 Å². The van der Waals surface area contributed by atoms with E-state index < -0.39 is 0 Å². The summed E-state index contributed by atoms with van der Waals surface area (Å²) in [5.74, 6) is 0. The minimum Gasteiger partial charge on any atom is -0.305 e. The van der Waals surface area contributed by atoms with Crippen molar-refractivity contribution >= 4 is 21.0 Å². The quantitative estimate of drug-likeness (QED) is 0.201. The van der Waals surface area contributed by atoms with E-state index in [9.17, 15) is 0 Å². The minimum atomic E-state index is 0.970. The van der Waals surface area contributed by atoms with Crippen molar-refractivity contribution in [1.82, 2.24) is 4.98 Å². The Balaban J connectivity index is 0.000000228. The van der Waals surface area contributed by atoms with Crippen LogP contribution in [0, 0.1) is 54.3 Å². The van der Waals surface area contributed by atoms with Crippen LogP contribution in [-0.2, 0) is 17.9 Å². The maximum atomic E-state index is 4.64. The van der Waals surface area contributed by atoms with Crippen molar-refractivity contribution in [3.05, 3.63) is 131 Å². The van der Waals surface area contributed by atoms with Crippen LogP contribution in [0.5, 0.6) is 0 Å². The fourth-order valence-electron chi connectivity index (χ4n) is 4.85. The molecule has 0 atom stereocenters. The molecule has 3 aromatic carbocycles. The predicted molar refractivity (Wildman–Crippen MR) is 154 cm³/mol. The van der Waals surface area contributed by atoms with Crippen molar-refractivity contribution in [2.75, 3.05) is 9.80 Å². The molecule has 192 valence electrons. The van der Waals surface area contributed by atoms with Crippen molar-refractivity contribution in [2.45, 2.75) is 41.5 Å².